The highest BCUT2D eigenvalue weighted by atomic mass is 31.2. The van der Waals surface area contributed by atoms with Crippen molar-refractivity contribution in [3.63, 3.8) is 0 Å². The molecule has 0 atom stereocenters. The number of carbonyl (C=O) groups excluding carboxylic acids is 1. The molecule has 0 unspecified atom stereocenters. The predicted molar refractivity (Wildman–Crippen MR) is 62.0 cm³/mol. The van der Waals surface area contributed by atoms with Gasteiger partial charge in [0.1, 0.15) is 0 Å². The van der Waals surface area contributed by atoms with E-state index in [1.54, 1.807) is 13.8 Å². The van der Waals surface area contributed by atoms with Crippen molar-refractivity contribution in [2.24, 2.45) is 0 Å². The van der Waals surface area contributed by atoms with Gasteiger partial charge in [0.2, 0.25) is 5.76 Å². The third-order valence-electron chi connectivity index (χ3n) is 1.46. The third-order valence-corrected chi connectivity index (χ3v) is 2.74. The number of hydrogen-bond acceptors (Lipinski definition) is 5. The van der Waals surface area contributed by atoms with Crippen LogP contribution in [0.2, 0.25) is 0 Å². The fourth-order valence-electron chi connectivity index (χ4n) is 0.832. The Morgan fingerprint density at radius 2 is 1.63 bits per heavy atom. The van der Waals surface area contributed by atoms with Crippen molar-refractivity contribution in [3.05, 3.63) is 11.8 Å². The summed E-state index contributed by atoms with van der Waals surface area (Å²) in [6.07, 6.45) is -4.60. The predicted octanol–water partition coefficient (Wildman–Crippen LogP) is 3.31. The minimum atomic E-state index is -4.83. The lowest BCUT2D eigenvalue weighted by molar-refractivity contribution is -0.140. The molecule has 0 aromatic heterocycles. The summed E-state index contributed by atoms with van der Waals surface area (Å²) in [4.78, 5) is 11.0. The van der Waals surface area contributed by atoms with Crippen molar-refractivity contribution in [2.75, 3.05) is 19.8 Å². The molecule has 0 heterocycles. The second-order valence-corrected chi connectivity index (χ2v) is 4.06. The summed E-state index contributed by atoms with van der Waals surface area (Å²) in [5.41, 5.74) is 0. The number of allylic oxidation sites excluding steroid dienone is 1. The molecular formula is C10H16F3O5P. The quantitative estimate of drug-likeness (QED) is 0.298. The minimum absolute atomic E-state index is 0.0356. The first kappa shape index (κ1) is 18.1. The summed E-state index contributed by atoms with van der Waals surface area (Å²) >= 11 is 0. The lowest BCUT2D eigenvalue weighted by atomic mass is 10.4. The van der Waals surface area contributed by atoms with Crippen molar-refractivity contribution in [1.82, 2.24) is 0 Å². The molecular weight excluding hydrogens is 288 g/mol. The maximum atomic E-state index is 12.7. The molecule has 0 radical (unpaired) electrons. The van der Waals surface area contributed by atoms with Crippen LogP contribution in [0.3, 0.4) is 0 Å². The fraction of sp³-hybridized carbons (Fsp3) is 0.700. The molecule has 9 heteroatoms. The molecule has 0 aromatic carbocycles. The molecule has 0 bridgehead atoms. The van der Waals surface area contributed by atoms with Crippen molar-refractivity contribution >= 4 is 14.6 Å². The van der Waals surface area contributed by atoms with Gasteiger partial charge in [0, 0.05) is 0 Å². The Kier molecular flexibility index (Phi) is 8.71. The average molecular weight is 304 g/mol. The minimum Gasteiger partial charge on any atom is -0.463 e. The van der Waals surface area contributed by atoms with Crippen LogP contribution < -0.4 is 0 Å². The van der Waals surface area contributed by atoms with E-state index in [2.05, 4.69) is 9.26 Å². The first-order valence-electron chi connectivity index (χ1n) is 5.54. The summed E-state index contributed by atoms with van der Waals surface area (Å²) in [5.74, 6) is -2.64. The van der Waals surface area contributed by atoms with E-state index in [1.165, 1.54) is 6.92 Å². The Balaban J connectivity index is 4.89. The molecule has 19 heavy (non-hydrogen) atoms. The number of halogens is 3. The number of esters is 1. The van der Waals surface area contributed by atoms with Gasteiger partial charge in [0.15, 0.2) is 0 Å². The molecule has 0 aliphatic rings. The van der Waals surface area contributed by atoms with Crippen LogP contribution in [0.1, 0.15) is 20.8 Å². The monoisotopic (exact) mass is 304 g/mol. The van der Waals surface area contributed by atoms with Crippen LogP contribution in [-0.2, 0) is 23.1 Å². The van der Waals surface area contributed by atoms with Crippen LogP contribution in [0.5, 0.6) is 0 Å². The molecule has 0 rings (SSSR count). The van der Waals surface area contributed by atoms with Gasteiger partial charge in [-0.2, -0.15) is 13.2 Å². The van der Waals surface area contributed by atoms with Crippen LogP contribution in [0.25, 0.3) is 0 Å². The molecule has 0 saturated carbocycles. The summed E-state index contributed by atoms with van der Waals surface area (Å²) < 4.78 is 56.7. The largest absolute Gasteiger partial charge is 0.463 e. The Bertz CT molecular complexity index is 300. The van der Waals surface area contributed by atoms with E-state index in [-0.39, 0.29) is 25.9 Å². The van der Waals surface area contributed by atoms with Crippen LogP contribution in [0.15, 0.2) is 11.8 Å². The zero-order chi connectivity index (χ0) is 14.9. The van der Waals surface area contributed by atoms with E-state index in [0.717, 1.165) is 0 Å². The molecule has 0 saturated heterocycles. The van der Waals surface area contributed by atoms with E-state index < -0.39 is 26.5 Å². The van der Waals surface area contributed by atoms with Crippen LogP contribution >= 0.6 is 8.60 Å². The number of hydrogen-bond donors (Lipinski definition) is 0. The van der Waals surface area contributed by atoms with E-state index in [9.17, 15) is 18.0 Å². The average Bonchev–Trinajstić information content (AvgIpc) is 2.27. The number of ether oxygens (including phenoxy) is 1. The van der Waals surface area contributed by atoms with Crippen molar-refractivity contribution in [2.45, 2.75) is 26.9 Å². The Hall–Kier alpha value is -0.850. The molecule has 0 aliphatic carbocycles. The van der Waals surface area contributed by atoms with Gasteiger partial charge in [-0.05, 0) is 20.8 Å². The third kappa shape index (κ3) is 8.02. The van der Waals surface area contributed by atoms with Gasteiger partial charge >= 0.3 is 20.7 Å². The SMILES string of the molecule is CCOC(=O)C=C(OP(OCC)OCC)C(F)(F)F. The Morgan fingerprint density at radius 1 is 1.11 bits per heavy atom. The second-order valence-electron chi connectivity index (χ2n) is 2.91. The molecule has 0 amide bonds. The lowest BCUT2D eigenvalue weighted by Gasteiger charge is -2.18. The van der Waals surface area contributed by atoms with Crippen LogP contribution in [0.4, 0.5) is 13.2 Å². The summed E-state index contributed by atoms with van der Waals surface area (Å²) in [6, 6.07) is 0. The molecule has 0 N–H and O–H groups in total. The summed E-state index contributed by atoms with van der Waals surface area (Å²) in [6.45, 7) is 4.85. The first-order valence-corrected chi connectivity index (χ1v) is 6.64. The molecule has 0 fully saturated rings. The number of alkyl halides is 3. The van der Waals surface area contributed by atoms with Gasteiger partial charge < -0.3 is 18.3 Å². The molecule has 112 valence electrons. The zero-order valence-electron chi connectivity index (χ0n) is 10.8. The zero-order valence-corrected chi connectivity index (χ0v) is 11.7. The van der Waals surface area contributed by atoms with Gasteiger partial charge in [-0.3, -0.25) is 0 Å². The highest BCUT2D eigenvalue weighted by molar-refractivity contribution is 7.41. The molecule has 0 aromatic rings. The molecule has 0 aliphatic heterocycles. The standard InChI is InChI=1S/C10H16F3O5P/c1-4-15-9(14)7-8(10(11,12)13)18-19(16-5-2)17-6-3/h7H,4-6H2,1-3H3. The Morgan fingerprint density at radius 3 is 2.00 bits per heavy atom. The van der Waals surface area contributed by atoms with E-state index in [4.69, 9.17) is 9.05 Å². The van der Waals surface area contributed by atoms with Gasteiger partial charge in [0.05, 0.1) is 25.9 Å². The normalized spacial score (nSPS) is 12.7. The summed E-state index contributed by atoms with van der Waals surface area (Å²) in [5, 5.41) is 0. The van der Waals surface area contributed by atoms with Gasteiger partial charge in [-0.1, -0.05) is 0 Å². The highest BCUT2D eigenvalue weighted by Gasteiger charge is 2.39. The lowest BCUT2D eigenvalue weighted by Crippen LogP contribution is -2.16. The van der Waals surface area contributed by atoms with Gasteiger partial charge in [-0.25, -0.2) is 4.79 Å². The Labute approximate surface area is 110 Å². The van der Waals surface area contributed by atoms with E-state index in [1.807, 2.05) is 0 Å². The maximum Gasteiger partial charge on any atom is 0.449 e. The highest BCUT2D eigenvalue weighted by Crippen LogP contribution is 2.45. The van der Waals surface area contributed by atoms with Crippen LogP contribution in [0, 0.1) is 0 Å². The van der Waals surface area contributed by atoms with Gasteiger partial charge in [-0.15, -0.1) is 0 Å². The van der Waals surface area contributed by atoms with E-state index >= 15 is 0 Å². The van der Waals surface area contributed by atoms with Crippen molar-refractivity contribution < 1.29 is 36.3 Å². The van der Waals surface area contributed by atoms with Crippen molar-refractivity contribution in [1.29, 1.82) is 0 Å². The maximum absolute atomic E-state index is 12.7. The second kappa shape index (κ2) is 9.12. The van der Waals surface area contributed by atoms with Crippen LogP contribution in [-0.4, -0.2) is 32.0 Å². The fourth-order valence-corrected chi connectivity index (χ4v) is 1.75. The molecule has 0 spiro atoms. The molecule has 5 nitrogen and oxygen atoms in total. The smallest absolute Gasteiger partial charge is 0.449 e. The first-order chi connectivity index (χ1) is 8.85. The number of rotatable bonds is 8. The topological polar surface area (TPSA) is 54.0 Å². The van der Waals surface area contributed by atoms with Gasteiger partial charge in [0.25, 0.3) is 0 Å². The van der Waals surface area contributed by atoms with E-state index in [0.29, 0.717) is 0 Å². The summed E-state index contributed by atoms with van der Waals surface area (Å²) in [7, 11) is -2.20. The van der Waals surface area contributed by atoms with Crippen molar-refractivity contribution in [3.8, 4) is 0 Å². The number of carbonyl (C=O) groups is 1.